The lowest BCUT2D eigenvalue weighted by Crippen LogP contribution is -2.12. The topological polar surface area (TPSA) is 89.3 Å². The minimum atomic E-state index is -0.404. The number of phenolic OH excluding ortho intramolecular Hbond substituents is 1. The number of nitrogens with zero attached hydrogens (tertiary/aromatic N) is 3. The first kappa shape index (κ1) is 17.0. The molecule has 0 spiro atoms. The van der Waals surface area contributed by atoms with Crippen LogP contribution in [0, 0.1) is 0 Å². The molecule has 0 radical (unpaired) electrons. The second kappa shape index (κ2) is 7.80. The summed E-state index contributed by atoms with van der Waals surface area (Å²) in [6, 6.07) is 11.7. The van der Waals surface area contributed by atoms with Crippen molar-refractivity contribution in [2.24, 2.45) is 0 Å². The summed E-state index contributed by atoms with van der Waals surface area (Å²) in [5.41, 5.74) is 0.759. The highest BCUT2D eigenvalue weighted by Crippen LogP contribution is 2.24. The maximum absolute atomic E-state index is 12.3. The van der Waals surface area contributed by atoms with Crippen LogP contribution in [-0.2, 0) is 6.54 Å². The molecule has 0 saturated heterocycles. The van der Waals surface area contributed by atoms with E-state index in [1.54, 1.807) is 47.4 Å². The molecular weight excluding hydrogens is 388 g/mol. The number of benzene rings is 2. The van der Waals surface area contributed by atoms with Crippen molar-refractivity contribution in [3.63, 3.8) is 0 Å². The zero-order valence-corrected chi connectivity index (χ0v) is 14.7. The smallest absolute Gasteiger partial charge is 0.259 e. The lowest BCUT2D eigenvalue weighted by molar-refractivity contribution is 0.102. The van der Waals surface area contributed by atoms with Crippen LogP contribution in [0.25, 0.3) is 0 Å². The Morgan fingerprint density at radius 1 is 1.28 bits per heavy atom. The third-order valence-electron chi connectivity index (χ3n) is 3.35. The highest BCUT2D eigenvalue weighted by atomic mass is 79.9. The molecule has 128 valence electrons. The van der Waals surface area contributed by atoms with Gasteiger partial charge >= 0.3 is 0 Å². The predicted octanol–water partition coefficient (Wildman–Crippen LogP) is 3.08. The largest absolute Gasteiger partial charge is 0.507 e. The molecular formula is C17H15BrN4O3. The molecule has 2 N–H and O–H groups in total. The number of halogens is 1. The molecule has 1 heterocycles. The van der Waals surface area contributed by atoms with Crippen LogP contribution in [0.4, 0.5) is 5.69 Å². The molecule has 3 aromatic rings. The second-order valence-electron chi connectivity index (χ2n) is 5.15. The lowest BCUT2D eigenvalue weighted by Gasteiger charge is -2.10. The third kappa shape index (κ3) is 4.57. The molecule has 0 saturated carbocycles. The molecule has 0 atom stereocenters. The van der Waals surface area contributed by atoms with Crippen molar-refractivity contribution in [1.82, 2.24) is 14.8 Å². The summed E-state index contributed by atoms with van der Waals surface area (Å²) in [5, 5.41) is 16.6. The average Bonchev–Trinajstić information content (AvgIpc) is 3.11. The van der Waals surface area contributed by atoms with Crippen LogP contribution in [0.1, 0.15) is 10.4 Å². The van der Waals surface area contributed by atoms with Gasteiger partial charge in [-0.25, -0.2) is 9.67 Å². The molecule has 0 unspecified atom stereocenters. The van der Waals surface area contributed by atoms with E-state index in [0.29, 0.717) is 29.1 Å². The van der Waals surface area contributed by atoms with E-state index in [1.807, 2.05) is 0 Å². The maximum Gasteiger partial charge on any atom is 0.259 e. The number of anilines is 1. The van der Waals surface area contributed by atoms with E-state index in [0.717, 1.165) is 0 Å². The fraction of sp³-hybridized carbons (Fsp3) is 0.118. The first-order valence-electron chi connectivity index (χ1n) is 7.47. The van der Waals surface area contributed by atoms with Gasteiger partial charge in [0.05, 0.1) is 12.1 Å². The highest BCUT2D eigenvalue weighted by Gasteiger charge is 2.12. The zero-order valence-electron chi connectivity index (χ0n) is 13.1. The highest BCUT2D eigenvalue weighted by molar-refractivity contribution is 9.10. The monoisotopic (exact) mass is 402 g/mol. The van der Waals surface area contributed by atoms with E-state index < -0.39 is 5.91 Å². The first-order chi connectivity index (χ1) is 12.1. The molecule has 0 aliphatic heterocycles. The Kier molecular flexibility index (Phi) is 5.30. The van der Waals surface area contributed by atoms with E-state index >= 15 is 0 Å². The van der Waals surface area contributed by atoms with Crippen LogP contribution >= 0.6 is 15.9 Å². The molecule has 1 amide bonds. The number of nitrogens with one attached hydrogen (secondary N) is 1. The van der Waals surface area contributed by atoms with E-state index in [9.17, 15) is 9.90 Å². The molecule has 3 rings (SSSR count). The van der Waals surface area contributed by atoms with E-state index in [4.69, 9.17) is 4.74 Å². The number of ether oxygens (including phenoxy) is 1. The minimum Gasteiger partial charge on any atom is -0.507 e. The number of rotatable bonds is 6. The van der Waals surface area contributed by atoms with Gasteiger partial charge in [0.25, 0.3) is 5.91 Å². The third-order valence-corrected chi connectivity index (χ3v) is 3.84. The number of carbonyl (C=O) groups is 1. The number of hydrogen-bond acceptors (Lipinski definition) is 5. The summed E-state index contributed by atoms with van der Waals surface area (Å²) < 4.78 is 8.03. The Morgan fingerprint density at radius 2 is 2.16 bits per heavy atom. The molecule has 7 nitrogen and oxygen atoms in total. The van der Waals surface area contributed by atoms with Crippen LogP contribution in [0.5, 0.6) is 11.5 Å². The maximum atomic E-state index is 12.3. The van der Waals surface area contributed by atoms with Crippen molar-refractivity contribution in [3.8, 4) is 11.5 Å². The van der Waals surface area contributed by atoms with Crippen LogP contribution in [-0.4, -0.2) is 32.4 Å². The van der Waals surface area contributed by atoms with E-state index in [1.165, 1.54) is 12.4 Å². The number of hydrogen-bond donors (Lipinski definition) is 2. The van der Waals surface area contributed by atoms with Crippen molar-refractivity contribution < 1.29 is 14.6 Å². The molecule has 0 aliphatic rings. The van der Waals surface area contributed by atoms with Gasteiger partial charge in [-0.1, -0.05) is 22.0 Å². The van der Waals surface area contributed by atoms with Gasteiger partial charge in [-0.15, -0.1) is 0 Å². The molecule has 0 bridgehead atoms. The fourth-order valence-corrected chi connectivity index (χ4v) is 2.52. The quantitative estimate of drug-likeness (QED) is 0.661. The lowest BCUT2D eigenvalue weighted by atomic mass is 10.2. The summed E-state index contributed by atoms with van der Waals surface area (Å²) in [7, 11) is 0. The van der Waals surface area contributed by atoms with E-state index in [-0.39, 0.29) is 11.3 Å². The summed E-state index contributed by atoms with van der Waals surface area (Å²) in [5.74, 6) is 0.135. The van der Waals surface area contributed by atoms with Crippen molar-refractivity contribution in [3.05, 3.63) is 65.2 Å². The predicted molar refractivity (Wildman–Crippen MR) is 95.7 cm³/mol. The number of amides is 1. The second-order valence-corrected chi connectivity index (χ2v) is 6.07. The zero-order chi connectivity index (χ0) is 17.6. The molecule has 1 aromatic heterocycles. The standard InChI is InChI=1S/C17H15BrN4O3/c18-12-4-5-16(23)15(8-12)17(24)21-13-2-1-3-14(9-13)25-7-6-22-11-19-10-20-22/h1-5,8-11,23H,6-7H2,(H,21,24). The normalized spacial score (nSPS) is 10.4. The van der Waals surface area contributed by atoms with Crippen molar-refractivity contribution in [1.29, 1.82) is 0 Å². The Balaban J connectivity index is 1.63. The van der Waals surface area contributed by atoms with Gasteiger partial charge in [0.2, 0.25) is 0 Å². The molecule has 2 aromatic carbocycles. The van der Waals surface area contributed by atoms with Gasteiger partial charge < -0.3 is 15.2 Å². The van der Waals surface area contributed by atoms with E-state index in [2.05, 4.69) is 31.3 Å². The van der Waals surface area contributed by atoms with Crippen molar-refractivity contribution in [2.75, 3.05) is 11.9 Å². The Morgan fingerprint density at radius 3 is 2.96 bits per heavy atom. The molecule has 0 aliphatic carbocycles. The SMILES string of the molecule is O=C(Nc1cccc(OCCn2cncn2)c1)c1cc(Br)ccc1O. The number of carbonyl (C=O) groups excluding carboxylic acids is 1. The van der Waals surface area contributed by atoms with Gasteiger partial charge in [0.1, 0.15) is 30.8 Å². The summed E-state index contributed by atoms with van der Waals surface area (Å²) in [4.78, 5) is 16.2. The number of aromatic hydroxyl groups is 1. The Bertz CT molecular complexity index is 868. The Hall–Kier alpha value is -2.87. The van der Waals surface area contributed by atoms with Crippen LogP contribution < -0.4 is 10.1 Å². The average molecular weight is 403 g/mol. The first-order valence-corrected chi connectivity index (χ1v) is 8.26. The molecule has 8 heteroatoms. The summed E-state index contributed by atoms with van der Waals surface area (Å²) in [6.45, 7) is 0.996. The van der Waals surface area contributed by atoms with Gasteiger partial charge in [-0.2, -0.15) is 5.10 Å². The van der Waals surface area contributed by atoms with Crippen molar-refractivity contribution in [2.45, 2.75) is 6.54 Å². The fourth-order valence-electron chi connectivity index (χ4n) is 2.16. The van der Waals surface area contributed by atoms with Crippen LogP contribution in [0.2, 0.25) is 0 Å². The van der Waals surface area contributed by atoms with Gasteiger partial charge in [0.15, 0.2) is 0 Å². The van der Waals surface area contributed by atoms with Crippen LogP contribution in [0.15, 0.2) is 59.6 Å². The summed E-state index contributed by atoms with van der Waals surface area (Å²) in [6.07, 6.45) is 3.08. The van der Waals surface area contributed by atoms with Crippen molar-refractivity contribution >= 4 is 27.5 Å². The van der Waals surface area contributed by atoms with Gasteiger partial charge in [-0.05, 0) is 30.3 Å². The number of phenols is 1. The minimum absolute atomic E-state index is 0.0825. The van der Waals surface area contributed by atoms with Gasteiger partial charge in [0, 0.05) is 16.2 Å². The number of aromatic nitrogens is 3. The van der Waals surface area contributed by atoms with Gasteiger partial charge in [-0.3, -0.25) is 4.79 Å². The van der Waals surface area contributed by atoms with Crippen LogP contribution in [0.3, 0.4) is 0 Å². The summed E-state index contributed by atoms with van der Waals surface area (Å²) >= 11 is 3.28. The molecule has 0 fully saturated rings. The Labute approximate surface area is 152 Å². The molecule has 25 heavy (non-hydrogen) atoms.